The van der Waals surface area contributed by atoms with Gasteiger partial charge in [-0.2, -0.15) is 0 Å². The van der Waals surface area contributed by atoms with Gasteiger partial charge in [-0.15, -0.1) is 0 Å². The summed E-state index contributed by atoms with van der Waals surface area (Å²) >= 11 is 0. The molecule has 0 aliphatic carbocycles. The predicted molar refractivity (Wildman–Crippen MR) is 31.9 cm³/mol. The van der Waals surface area contributed by atoms with E-state index in [0.717, 1.165) is 0 Å². The zero-order valence-electron chi connectivity index (χ0n) is 5.59. The number of amides is 1. The highest BCUT2D eigenvalue weighted by Gasteiger charge is 2.12. The molecule has 0 aromatic rings. The normalized spacial score (nSPS) is 8.60. The van der Waals surface area contributed by atoms with Crippen molar-refractivity contribution in [2.75, 3.05) is 13.3 Å². The number of ether oxygens (including phenoxy) is 1. The van der Waals surface area contributed by atoms with Gasteiger partial charge in [0.15, 0.2) is 0 Å². The fourth-order valence-electron chi connectivity index (χ4n) is 0.341. The van der Waals surface area contributed by atoms with Crippen LogP contribution in [0.15, 0.2) is 0 Å². The van der Waals surface area contributed by atoms with Crippen LogP contribution in [0.1, 0.15) is 6.92 Å². The summed E-state index contributed by atoms with van der Waals surface area (Å²) in [5, 5.41) is 9.99. The van der Waals surface area contributed by atoms with E-state index >= 15 is 0 Å². The number of hydrogen-bond acceptors (Lipinski definition) is 4. The van der Waals surface area contributed by atoms with Crippen LogP contribution in [0.3, 0.4) is 0 Å². The lowest BCUT2D eigenvalue weighted by atomic mass is 10.6. The number of rotatable bonds is 2. The third-order valence-corrected chi connectivity index (χ3v) is 0.700. The van der Waals surface area contributed by atoms with Crippen LogP contribution in [0.5, 0.6) is 0 Å². The molecule has 0 rings (SSSR count). The minimum atomic E-state index is -0.975. The van der Waals surface area contributed by atoms with Gasteiger partial charge in [0.25, 0.3) is 0 Å². The Bertz CT molecular complexity index is 118. The predicted octanol–water partition coefficient (Wildman–Crippen LogP) is -1.38. The number of aliphatic hydroxyl groups is 1. The standard InChI is InChI=1S/C5H9NO4/c1-2-10-5(9)4(8)6-3-7/h7H,2-3H2,1H3,(H,6,8). The molecule has 0 aromatic carbocycles. The monoisotopic (exact) mass is 147 g/mol. The van der Waals surface area contributed by atoms with Gasteiger partial charge in [-0.1, -0.05) is 0 Å². The molecule has 58 valence electrons. The second-order valence-corrected chi connectivity index (χ2v) is 1.38. The van der Waals surface area contributed by atoms with Crippen LogP contribution in [0.25, 0.3) is 0 Å². The van der Waals surface area contributed by atoms with Crippen LogP contribution in [0, 0.1) is 0 Å². The summed E-state index contributed by atoms with van der Waals surface area (Å²) in [5.74, 6) is -1.90. The maximum atomic E-state index is 10.4. The van der Waals surface area contributed by atoms with Crippen LogP contribution < -0.4 is 5.32 Å². The Morgan fingerprint density at radius 1 is 1.60 bits per heavy atom. The molecule has 0 saturated carbocycles. The van der Waals surface area contributed by atoms with Crippen LogP contribution in [-0.2, 0) is 14.3 Å². The van der Waals surface area contributed by atoms with Crippen molar-refractivity contribution >= 4 is 11.9 Å². The molecule has 0 aliphatic heterocycles. The van der Waals surface area contributed by atoms with Gasteiger partial charge in [-0.3, -0.25) is 4.79 Å². The molecule has 0 fully saturated rings. The summed E-state index contributed by atoms with van der Waals surface area (Å²) in [5.41, 5.74) is 0. The van der Waals surface area contributed by atoms with Crippen LogP contribution >= 0.6 is 0 Å². The maximum Gasteiger partial charge on any atom is 0.396 e. The minimum Gasteiger partial charge on any atom is -0.459 e. The highest BCUT2D eigenvalue weighted by Crippen LogP contribution is 1.76. The van der Waals surface area contributed by atoms with Gasteiger partial charge in [0, 0.05) is 0 Å². The fourth-order valence-corrected chi connectivity index (χ4v) is 0.341. The van der Waals surface area contributed by atoms with Crippen LogP contribution in [0.4, 0.5) is 0 Å². The Balaban J connectivity index is 3.60. The summed E-state index contributed by atoms with van der Waals surface area (Å²) in [4.78, 5) is 20.8. The van der Waals surface area contributed by atoms with E-state index in [0.29, 0.717) is 0 Å². The van der Waals surface area contributed by atoms with Crippen LogP contribution in [-0.4, -0.2) is 30.3 Å². The van der Waals surface area contributed by atoms with E-state index < -0.39 is 18.6 Å². The largest absolute Gasteiger partial charge is 0.459 e. The van der Waals surface area contributed by atoms with Gasteiger partial charge in [-0.05, 0) is 6.92 Å². The van der Waals surface area contributed by atoms with Gasteiger partial charge in [-0.25, -0.2) is 4.79 Å². The SMILES string of the molecule is CCOC(=O)C(=O)NCO. The molecule has 0 heterocycles. The van der Waals surface area contributed by atoms with Crippen molar-refractivity contribution in [3.05, 3.63) is 0 Å². The lowest BCUT2D eigenvalue weighted by molar-refractivity contribution is -0.155. The lowest BCUT2D eigenvalue weighted by Gasteiger charge is -1.99. The van der Waals surface area contributed by atoms with Crippen molar-refractivity contribution in [2.45, 2.75) is 6.92 Å². The molecule has 0 atom stereocenters. The van der Waals surface area contributed by atoms with E-state index in [-0.39, 0.29) is 6.61 Å². The summed E-state index contributed by atoms with van der Waals surface area (Å²) in [6.45, 7) is 1.18. The fraction of sp³-hybridized carbons (Fsp3) is 0.600. The molecule has 0 unspecified atom stereocenters. The molecule has 2 N–H and O–H groups in total. The molecule has 0 spiro atoms. The number of esters is 1. The number of hydrogen-bond donors (Lipinski definition) is 2. The summed E-state index contributed by atoms with van der Waals surface area (Å²) in [6.07, 6.45) is 0. The average molecular weight is 147 g/mol. The molecule has 0 aliphatic rings. The van der Waals surface area contributed by atoms with Gasteiger partial charge in [0.2, 0.25) is 0 Å². The van der Waals surface area contributed by atoms with E-state index in [1.54, 1.807) is 6.92 Å². The molecular formula is C5H9NO4. The van der Waals surface area contributed by atoms with E-state index in [9.17, 15) is 9.59 Å². The molecule has 0 saturated heterocycles. The number of carbonyl (C=O) groups is 2. The van der Waals surface area contributed by atoms with Crippen molar-refractivity contribution in [3.8, 4) is 0 Å². The van der Waals surface area contributed by atoms with Gasteiger partial charge in [0.1, 0.15) is 6.73 Å². The summed E-state index contributed by atoms with van der Waals surface area (Å²) < 4.78 is 4.29. The Labute approximate surface area is 58.0 Å². The molecule has 1 amide bonds. The third-order valence-electron chi connectivity index (χ3n) is 0.700. The zero-order valence-corrected chi connectivity index (χ0v) is 5.59. The average Bonchev–Trinajstić information content (AvgIpc) is 1.89. The van der Waals surface area contributed by atoms with Crippen molar-refractivity contribution in [1.82, 2.24) is 5.32 Å². The van der Waals surface area contributed by atoms with E-state index in [4.69, 9.17) is 5.11 Å². The molecule has 0 aromatic heterocycles. The second-order valence-electron chi connectivity index (χ2n) is 1.38. The number of carbonyl (C=O) groups excluding carboxylic acids is 2. The quantitative estimate of drug-likeness (QED) is 0.286. The van der Waals surface area contributed by atoms with Gasteiger partial charge in [0.05, 0.1) is 6.61 Å². The zero-order chi connectivity index (χ0) is 7.98. The summed E-state index contributed by atoms with van der Waals surface area (Å²) in [7, 11) is 0. The minimum absolute atomic E-state index is 0.150. The molecule has 10 heavy (non-hydrogen) atoms. The smallest absolute Gasteiger partial charge is 0.396 e. The Morgan fingerprint density at radius 3 is 2.60 bits per heavy atom. The highest BCUT2D eigenvalue weighted by atomic mass is 16.5. The molecule has 5 heteroatoms. The van der Waals surface area contributed by atoms with Crippen molar-refractivity contribution in [2.24, 2.45) is 0 Å². The second kappa shape index (κ2) is 4.75. The first-order chi connectivity index (χ1) is 4.72. The van der Waals surface area contributed by atoms with Gasteiger partial charge >= 0.3 is 11.9 Å². The summed E-state index contributed by atoms with van der Waals surface area (Å²) in [6, 6.07) is 0. The lowest BCUT2D eigenvalue weighted by Crippen LogP contribution is -2.32. The Kier molecular flexibility index (Phi) is 4.23. The van der Waals surface area contributed by atoms with Crippen molar-refractivity contribution < 1.29 is 19.4 Å². The molecule has 0 radical (unpaired) electrons. The first-order valence-corrected chi connectivity index (χ1v) is 2.78. The third kappa shape index (κ3) is 3.03. The van der Waals surface area contributed by atoms with Crippen LogP contribution in [0.2, 0.25) is 0 Å². The first kappa shape index (κ1) is 8.90. The number of aliphatic hydroxyl groups excluding tert-OH is 1. The van der Waals surface area contributed by atoms with Crippen molar-refractivity contribution in [1.29, 1.82) is 0 Å². The van der Waals surface area contributed by atoms with E-state index in [2.05, 4.69) is 4.74 Å². The highest BCUT2D eigenvalue weighted by molar-refractivity contribution is 6.32. The molecular weight excluding hydrogens is 138 g/mol. The van der Waals surface area contributed by atoms with E-state index in [1.165, 1.54) is 0 Å². The van der Waals surface area contributed by atoms with Crippen molar-refractivity contribution in [3.63, 3.8) is 0 Å². The van der Waals surface area contributed by atoms with Gasteiger partial charge < -0.3 is 15.2 Å². The Morgan fingerprint density at radius 2 is 2.20 bits per heavy atom. The van der Waals surface area contributed by atoms with E-state index in [1.807, 2.05) is 5.32 Å². The number of nitrogens with one attached hydrogen (secondary N) is 1. The molecule has 0 bridgehead atoms. The first-order valence-electron chi connectivity index (χ1n) is 2.78. The maximum absolute atomic E-state index is 10.4. The Hall–Kier alpha value is -1.10. The topological polar surface area (TPSA) is 75.6 Å². The molecule has 5 nitrogen and oxygen atoms in total.